The molecular formula is C21H17ClFN5O4. The third-order valence-corrected chi connectivity index (χ3v) is 4.99. The molecule has 4 rings (SSSR count). The number of carbonyl (C=O) groups is 2. The van der Waals surface area contributed by atoms with Gasteiger partial charge in [0.05, 0.1) is 18.5 Å². The first-order chi connectivity index (χ1) is 15.4. The van der Waals surface area contributed by atoms with Crippen LogP contribution in [0.25, 0.3) is 5.69 Å². The Balaban J connectivity index is 1.45. The molecule has 0 unspecified atom stereocenters. The maximum absolute atomic E-state index is 14.6. The zero-order valence-electron chi connectivity index (χ0n) is 16.5. The Kier molecular flexibility index (Phi) is 6.15. The van der Waals surface area contributed by atoms with Crippen LogP contribution in [0.3, 0.4) is 0 Å². The predicted octanol–water partition coefficient (Wildman–Crippen LogP) is 2.85. The number of halogens is 2. The zero-order valence-corrected chi connectivity index (χ0v) is 17.3. The number of aromatic nitrogens is 2. The highest BCUT2D eigenvalue weighted by atomic mass is 35.5. The number of ether oxygens (including phenoxy) is 1. The van der Waals surface area contributed by atoms with Gasteiger partial charge in [0.1, 0.15) is 18.6 Å². The van der Waals surface area contributed by atoms with E-state index in [1.54, 1.807) is 24.3 Å². The number of hydrogen-bond donors (Lipinski definition) is 2. The van der Waals surface area contributed by atoms with Crippen LogP contribution >= 0.6 is 11.6 Å². The lowest BCUT2D eigenvalue weighted by molar-refractivity contribution is -0.119. The molecule has 0 spiro atoms. The summed E-state index contributed by atoms with van der Waals surface area (Å²) in [5.74, 6) is -1.25. The van der Waals surface area contributed by atoms with E-state index in [0.29, 0.717) is 10.7 Å². The number of rotatable bonds is 4. The molecule has 1 fully saturated rings. The first-order valence-corrected chi connectivity index (χ1v) is 9.84. The summed E-state index contributed by atoms with van der Waals surface area (Å²) in [5, 5.41) is 5.77. The zero-order chi connectivity index (χ0) is 22.7. The maximum atomic E-state index is 14.6. The van der Waals surface area contributed by atoms with E-state index < -0.39 is 29.4 Å². The molecule has 0 radical (unpaired) electrons. The van der Waals surface area contributed by atoms with Gasteiger partial charge < -0.3 is 15.4 Å². The molecule has 0 bridgehead atoms. The minimum absolute atomic E-state index is 0.00710. The Labute approximate surface area is 186 Å². The summed E-state index contributed by atoms with van der Waals surface area (Å²) in [6.45, 7) is -0.0807. The molecule has 32 heavy (non-hydrogen) atoms. The van der Waals surface area contributed by atoms with Gasteiger partial charge in [-0.1, -0.05) is 11.6 Å². The summed E-state index contributed by atoms with van der Waals surface area (Å²) < 4.78 is 21.0. The van der Waals surface area contributed by atoms with Crippen molar-refractivity contribution in [1.29, 1.82) is 0 Å². The van der Waals surface area contributed by atoms with Crippen LogP contribution < -0.4 is 16.2 Å². The molecular weight excluding hydrogens is 441 g/mol. The average molecular weight is 458 g/mol. The summed E-state index contributed by atoms with van der Waals surface area (Å²) >= 11 is 5.84. The summed E-state index contributed by atoms with van der Waals surface area (Å²) in [6, 6.07) is 8.99. The second-order valence-electron chi connectivity index (χ2n) is 6.86. The van der Waals surface area contributed by atoms with Gasteiger partial charge in [-0.2, -0.15) is 0 Å². The first kappa shape index (κ1) is 21.5. The molecule has 1 aliphatic rings. The lowest BCUT2D eigenvalue weighted by Crippen LogP contribution is -2.46. The Hall–Kier alpha value is -3.76. The molecule has 3 amide bonds. The lowest BCUT2D eigenvalue weighted by Gasteiger charge is -2.22. The Morgan fingerprint density at radius 3 is 2.59 bits per heavy atom. The largest absolute Gasteiger partial charge is 0.358 e. The number of nitrogens with one attached hydrogen (secondary N) is 2. The van der Waals surface area contributed by atoms with Crippen molar-refractivity contribution in [2.45, 2.75) is 6.04 Å². The number of benzene rings is 2. The van der Waals surface area contributed by atoms with Crippen molar-refractivity contribution in [2.75, 3.05) is 24.0 Å². The average Bonchev–Trinajstić information content (AvgIpc) is 3.27. The summed E-state index contributed by atoms with van der Waals surface area (Å²) in [7, 11) is 0. The third-order valence-electron chi connectivity index (χ3n) is 4.74. The summed E-state index contributed by atoms with van der Waals surface area (Å²) in [4.78, 5) is 42.1. The molecule has 1 aliphatic heterocycles. The van der Waals surface area contributed by atoms with Crippen molar-refractivity contribution >= 4 is 34.9 Å². The highest BCUT2D eigenvalue weighted by molar-refractivity contribution is 6.30. The minimum atomic E-state index is -0.909. The molecule has 1 atom stereocenters. The second kappa shape index (κ2) is 9.16. The van der Waals surface area contributed by atoms with Crippen molar-refractivity contribution in [3.8, 4) is 5.69 Å². The second-order valence-corrected chi connectivity index (χ2v) is 7.30. The van der Waals surface area contributed by atoms with E-state index in [1.807, 2.05) is 0 Å². The number of hydrogen-bond acceptors (Lipinski definition) is 5. The normalized spacial score (nSPS) is 15.4. The van der Waals surface area contributed by atoms with Crippen LogP contribution in [0, 0.1) is 5.82 Å². The smallest absolute Gasteiger partial charge is 0.324 e. The van der Waals surface area contributed by atoms with E-state index >= 15 is 0 Å². The van der Waals surface area contributed by atoms with Crippen molar-refractivity contribution in [2.24, 2.45) is 0 Å². The number of nitrogens with zero attached hydrogens (tertiary/aromatic N) is 3. The summed E-state index contributed by atoms with van der Waals surface area (Å²) in [5.41, 5.74) is 0.204. The fourth-order valence-corrected chi connectivity index (χ4v) is 3.27. The molecule has 164 valence electrons. The highest BCUT2D eigenvalue weighted by Crippen LogP contribution is 2.20. The van der Waals surface area contributed by atoms with Gasteiger partial charge in [-0.15, -0.1) is 0 Å². The Bertz CT molecular complexity index is 1220. The van der Waals surface area contributed by atoms with Crippen LogP contribution in [0.15, 0.2) is 65.8 Å². The van der Waals surface area contributed by atoms with Gasteiger partial charge in [0.2, 0.25) is 5.91 Å². The van der Waals surface area contributed by atoms with Crippen molar-refractivity contribution in [3.05, 3.63) is 82.2 Å². The van der Waals surface area contributed by atoms with Gasteiger partial charge >= 0.3 is 6.03 Å². The monoisotopic (exact) mass is 457 g/mol. The van der Waals surface area contributed by atoms with Gasteiger partial charge in [-0.3, -0.25) is 24.0 Å². The van der Waals surface area contributed by atoms with Gasteiger partial charge in [0.15, 0.2) is 0 Å². The molecule has 2 heterocycles. The van der Waals surface area contributed by atoms with Crippen molar-refractivity contribution in [1.82, 2.24) is 14.5 Å². The van der Waals surface area contributed by atoms with Gasteiger partial charge in [-0.05, 0) is 42.5 Å². The van der Waals surface area contributed by atoms with E-state index in [9.17, 15) is 18.8 Å². The van der Waals surface area contributed by atoms with Crippen LogP contribution in [0.4, 0.5) is 20.6 Å². The van der Waals surface area contributed by atoms with E-state index in [2.05, 4.69) is 15.6 Å². The molecule has 3 aromatic rings. The maximum Gasteiger partial charge on any atom is 0.324 e. The summed E-state index contributed by atoms with van der Waals surface area (Å²) in [6.07, 6.45) is 3.77. The van der Waals surface area contributed by atoms with Crippen LogP contribution in [0.2, 0.25) is 5.02 Å². The quantitative estimate of drug-likeness (QED) is 0.626. The third kappa shape index (κ3) is 4.61. The Morgan fingerprint density at radius 2 is 1.88 bits per heavy atom. The molecule has 11 heteroatoms. The number of anilines is 2. The van der Waals surface area contributed by atoms with E-state index in [1.165, 1.54) is 29.4 Å². The molecule has 9 nitrogen and oxygen atoms in total. The first-order valence-electron chi connectivity index (χ1n) is 9.47. The Morgan fingerprint density at radius 1 is 1.12 bits per heavy atom. The lowest BCUT2D eigenvalue weighted by atomic mass is 10.2. The van der Waals surface area contributed by atoms with Gasteiger partial charge in [0.25, 0.3) is 5.56 Å². The van der Waals surface area contributed by atoms with Crippen molar-refractivity contribution in [3.63, 3.8) is 0 Å². The molecule has 1 aromatic heterocycles. The highest BCUT2D eigenvalue weighted by Gasteiger charge is 2.35. The number of amides is 3. The standard InChI is InChI=1S/C21H17ClFN5O4/c22-13-1-3-14(4-2-13)26-21(31)28-12-32-11-18(28)20(30)25-15-5-6-17(16(23)9-15)27-8-7-24-10-19(27)29/h1-10,18H,11-12H2,(H,25,30)(H,26,31)/t18-/m1/s1. The van der Waals surface area contributed by atoms with Crippen LogP contribution in [-0.2, 0) is 9.53 Å². The molecule has 0 saturated carbocycles. The van der Waals surface area contributed by atoms with E-state index in [4.69, 9.17) is 16.3 Å². The minimum Gasteiger partial charge on any atom is -0.358 e. The van der Waals surface area contributed by atoms with Crippen LogP contribution in [0.1, 0.15) is 0 Å². The molecule has 2 aromatic carbocycles. The number of urea groups is 1. The van der Waals surface area contributed by atoms with Crippen molar-refractivity contribution < 1.29 is 18.7 Å². The predicted molar refractivity (Wildman–Crippen MR) is 115 cm³/mol. The molecule has 0 aliphatic carbocycles. The van der Waals surface area contributed by atoms with Crippen LogP contribution in [-0.4, -0.2) is 45.8 Å². The van der Waals surface area contributed by atoms with Crippen LogP contribution in [0.5, 0.6) is 0 Å². The molecule has 1 saturated heterocycles. The van der Waals surface area contributed by atoms with Gasteiger partial charge in [0, 0.05) is 28.8 Å². The molecule has 2 N–H and O–H groups in total. The fourth-order valence-electron chi connectivity index (χ4n) is 3.14. The van der Waals surface area contributed by atoms with Gasteiger partial charge in [-0.25, -0.2) is 9.18 Å². The van der Waals surface area contributed by atoms with E-state index in [0.717, 1.165) is 16.8 Å². The van der Waals surface area contributed by atoms with E-state index in [-0.39, 0.29) is 24.7 Å². The number of carbonyl (C=O) groups excluding carboxylic acids is 2. The fraction of sp³-hybridized carbons (Fsp3) is 0.143. The SMILES string of the molecule is O=C(Nc1ccc(-n2ccncc2=O)c(F)c1)[C@H]1COCN1C(=O)Nc1ccc(Cl)cc1. The topological polar surface area (TPSA) is 106 Å².